The van der Waals surface area contributed by atoms with Gasteiger partial charge in [0, 0.05) is 6.04 Å². The Morgan fingerprint density at radius 1 is 1.04 bits per heavy atom. The number of aromatic hydroxyl groups is 1. The Balaban J connectivity index is 1.86. The van der Waals surface area contributed by atoms with Crippen molar-refractivity contribution in [2.45, 2.75) is 51.5 Å². The van der Waals surface area contributed by atoms with Crippen molar-refractivity contribution in [1.82, 2.24) is 9.55 Å². The highest BCUT2D eigenvalue weighted by Crippen LogP contribution is 2.35. The smallest absolute Gasteiger partial charge is 0.331 e. The van der Waals surface area contributed by atoms with Gasteiger partial charge in [-0.2, -0.15) is 0 Å². The summed E-state index contributed by atoms with van der Waals surface area (Å²) in [5.74, 6) is -1.99. The molecule has 1 fully saturated rings. The maximum absolute atomic E-state index is 12.9. The second kappa shape index (κ2) is 6.78. The molecule has 0 atom stereocenters. The molecule has 8 heteroatoms. The molecule has 1 aromatic carbocycles. The number of benzene rings is 1. The Morgan fingerprint density at radius 3 is 2.39 bits per heavy atom. The molecule has 1 saturated carbocycles. The fraction of sp³-hybridized carbons (Fsp3) is 0.400. The fourth-order valence-electron chi connectivity index (χ4n) is 4.12. The van der Waals surface area contributed by atoms with Crippen molar-refractivity contribution >= 4 is 17.5 Å². The summed E-state index contributed by atoms with van der Waals surface area (Å²) >= 11 is 0. The van der Waals surface area contributed by atoms with Crippen LogP contribution >= 0.6 is 0 Å². The second-order valence-corrected chi connectivity index (χ2v) is 7.27. The predicted molar refractivity (Wildman–Crippen MR) is 102 cm³/mol. The van der Waals surface area contributed by atoms with Crippen molar-refractivity contribution in [2.24, 2.45) is 0 Å². The first kappa shape index (κ1) is 18.2. The van der Waals surface area contributed by atoms with Crippen LogP contribution in [-0.4, -0.2) is 26.5 Å². The van der Waals surface area contributed by atoms with Crippen LogP contribution in [0.4, 0.5) is 5.69 Å². The second-order valence-electron chi connectivity index (χ2n) is 7.27. The summed E-state index contributed by atoms with van der Waals surface area (Å²) in [7, 11) is 0. The van der Waals surface area contributed by atoms with Crippen molar-refractivity contribution < 1.29 is 14.7 Å². The first-order chi connectivity index (χ1) is 13.4. The molecule has 146 valence electrons. The van der Waals surface area contributed by atoms with E-state index in [1.165, 1.54) is 0 Å². The fourth-order valence-corrected chi connectivity index (χ4v) is 4.12. The van der Waals surface area contributed by atoms with E-state index in [1.807, 2.05) is 6.92 Å². The Labute approximate surface area is 160 Å². The van der Waals surface area contributed by atoms with Crippen LogP contribution in [0.3, 0.4) is 0 Å². The third-order valence-electron chi connectivity index (χ3n) is 5.62. The third kappa shape index (κ3) is 2.67. The molecule has 2 amide bonds. The summed E-state index contributed by atoms with van der Waals surface area (Å²) < 4.78 is 1.11. The van der Waals surface area contributed by atoms with Gasteiger partial charge >= 0.3 is 5.69 Å². The number of imide groups is 1. The van der Waals surface area contributed by atoms with Gasteiger partial charge in [0.05, 0.1) is 11.1 Å². The highest BCUT2D eigenvalue weighted by molar-refractivity contribution is 6.34. The average Bonchev–Trinajstić information content (AvgIpc) is 2.93. The average molecular weight is 383 g/mol. The molecule has 8 nitrogen and oxygen atoms in total. The normalized spacial score (nSPS) is 17.2. The monoisotopic (exact) mass is 383 g/mol. The molecule has 1 aliphatic carbocycles. The predicted octanol–water partition coefficient (Wildman–Crippen LogP) is 2.11. The van der Waals surface area contributed by atoms with Crippen LogP contribution in [0.15, 0.2) is 27.8 Å². The van der Waals surface area contributed by atoms with E-state index >= 15 is 0 Å². The van der Waals surface area contributed by atoms with E-state index in [9.17, 15) is 24.3 Å². The van der Waals surface area contributed by atoms with Crippen LogP contribution in [-0.2, 0) is 6.42 Å². The zero-order chi connectivity index (χ0) is 20.0. The molecule has 0 bridgehead atoms. The molecule has 0 saturated heterocycles. The summed E-state index contributed by atoms with van der Waals surface area (Å²) in [4.78, 5) is 53.4. The van der Waals surface area contributed by atoms with Crippen LogP contribution in [0.5, 0.6) is 5.88 Å². The van der Waals surface area contributed by atoms with Crippen molar-refractivity contribution in [3.63, 3.8) is 0 Å². The topological polar surface area (TPSA) is 112 Å². The zero-order valence-electron chi connectivity index (χ0n) is 15.5. The third-order valence-corrected chi connectivity index (χ3v) is 5.62. The van der Waals surface area contributed by atoms with Crippen LogP contribution < -0.4 is 16.1 Å². The zero-order valence-corrected chi connectivity index (χ0v) is 15.5. The summed E-state index contributed by atoms with van der Waals surface area (Å²) in [6.45, 7) is 1.93. The Hall–Kier alpha value is -3.16. The quantitative estimate of drug-likeness (QED) is 0.789. The van der Waals surface area contributed by atoms with Crippen molar-refractivity contribution in [3.8, 4) is 5.88 Å². The van der Waals surface area contributed by atoms with Crippen LogP contribution in [0.25, 0.3) is 0 Å². The standard InChI is InChI=1S/C20H21N3O5/c1-2-11-8-9-13-14(10-11)18(26)23(17(13)25)15-16(24)21-20(28)22(19(15)27)12-6-4-3-5-7-12/h8-10,12,27H,2-7H2,1H3,(H,21,24,28). The van der Waals surface area contributed by atoms with E-state index in [0.717, 1.165) is 29.4 Å². The van der Waals surface area contributed by atoms with Gasteiger partial charge in [-0.1, -0.05) is 32.3 Å². The minimum Gasteiger partial charge on any atom is -0.493 e. The molecule has 2 heterocycles. The van der Waals surface area contributed by atoms with Gasteiger partial charge in [0.2, 0.25) is 5.88 Å². The number of rotatable bonds is 3. The molecule has 1 aromatic heterocycles. The highest BCUT2D eigenvalue weighted by Gasteiger charge is 2.41. The molecular weight excluding hydrogens is 362 g/mol. The first-order valence-corrected chi connectivity index (χ1v) is 9.53. The lowest BCUT2D eigenvalue weighted by molar-refractivity contribution is 0.0923. The van der Waals surface area contributed by atoms with Crippen LogP contribution in [0.2, 0.25) is 0 Å². The van der Waals surface area contributed by atoms with E-state index in [1.54, 1.807) is 18.2 Å². The Morgan fingerprint density at radius 2 is 1.71 bits per heavy atom. The number of H-pyrrole nitrogens is 1. The number of anilines is 1. The summed E-state index contributed by atoms with van der Waals surface area (Å²) in [6.07, 6.45) is 4.89. The summed E-state index contributed by atoms with van der Waals surface area (Å²) in [5, 5.41) is 10.8. The van der Waals surface area contributed by atoms with Gasteiger partial charge in [-0.05, 0) is 37.0 Å². The van der Waals surface area contributed by atoms with Crippen molar-refractivity contribution in [1.29, 1.82) is 0 Å². The van der Waals surface area contributed by atoms with E-state index in [0.29, 0.717) is 24.2 Å². The van der Waals surface area contributed by atoms with Gasteiger partial charge in [-0.25, -0.2) is 9.69 Å². The number of nitrogens with one attached hydrogen (secondary N) is 1. The Bertz CT molecular complexity index is 1090. The highest BCUT2D eigenvalue weighted by atomic mass is 16.3. The number of fused-ring (bicyclic) bond motifs is 1. The Kier molecular flexibility index (Phi) is 4.41. The molecule has 28 heavy (non-hydrogen) atoms. The molecule has 2 aliphatic rings. The number of amides is 2. The first-order valence-electron chi connectivity index (χ1n) is 9.53. The molecule has 0 radical (unpaired) electrons. The van der Waals surface area contributed by atoms with Gasteiger partial charge in [0.15, 0.2) is 5.69 Å². The number of nitrogens with zero attached hydrogens (tertiary/aromatic N) is 2. The maximum atomic E-state index is 12.9. The van der Waals surface area contributed by atoms with E-state index < -0.39 is 34.6 Å². The van der Waals surface area contributed by atoms with Crippen LogP contribution in [0, 0.1) is 0 Å². The van der Waals surface area contributed by atoms with Gasteiger partial charge in [0.25, 0.3) is 17.4 Å². The molecule has 0 unspecified atom stereocenters. The minimum atomic E-state index is -0.959. The van der Waals surface area contributed by atoms with Gasteiger partial charge < -0.3 is 5.11 Å². The molecular formula is C20H21N3O5. The SMILES string of the molecule is CCc1ccc2c(c1)C(=O)N(c1c(O)n(C3CCCCC3)c(=O)[nH]c1=O)C2=O. The van der Waals surface area contributed by atoms with Crippen molar-refractivity contribution in [3.05, 3.63) is 55.7 Å². The van der Waals surface area contributed by atoms with E-state index in [2.05, 4.69) is 4.98 Å². The number of carbonyl (C=O) groups excluding carboxylic acids is 2. The molecule has 1 aliphatic heterocycles. The van der Waals surface area contributed by atoms with E-state index in [4.69, 9.17) is 0 Å². The minimum absolute atomic E-state index is 0.177. The molecule has 4 rings (SSSR count). The van der Waals surface area contributed by atoms with Crippen LogP contribution in [0.1, 0.15) is 71.3 Å². The lowest BCUT2D eigenvalue weighted by atomic mass is 9.95. The lowest BCUT2D eigenvalue weighted by Crippen LogP contribution is -2.40. The number of aryl methyl sites for hydroxylation is 1. The molecule has 2 N–H and O–H groups in total. The van der Waals surface area contributed by atoms with Crippen molar-refractivity contribution in [2.75, 3.05) is 4.90 Å². The van der Waals surface area contributed by atoms with E-state index in [-0.39, 0.29) is 17.2 Å². The largest absolute Gasteiger partial charge is 0.493 e. The number of aromatic nitrogens is 2. The number of hydrogen-bond donors (Lipinski definition) is 2. The maximum Gasteiger partial charge on any atom is 0.331 e. The summed E-state index contributed by atoms with van der Waals surface area (Å²) in [5.41, 5.74) is -0.931. The number of hydrogen-bond acceptors (Lipinski definition) is 5. The van der Waals surface area contributed by atoms with Gasteiger partial charge in [-0.3, -0.25) is 23.9 Å². The number of aromatic amines is 1. The van der Waals surface area contributed by atoms with Gasteiger partial charge in [0.1, 0.15) is 0 Å². The molecule has 0 spiro atoms. The number of carbonyl (C=O) groups is 2. The lowest BCUT2D eigenvalue weighted by Gasteiger charge is -2.26. The molecule has 2 aromatic rings. The van der Waals surface area contributed by atoms with Gasteiger partial charge in [-0.15, -0.1) is 0 Å². The summed E-state index contributed by atoms with van der Waals surface area (Å²) in [6, 6.07) is 4.65.